The third kappa shape index (κ3) is 2.84. The maximum Gasteiger partial charge on any atom is 0.255 e. The van der Waals surface area contributed by atoms with E-state index in [1.807, 2.05) is 18.2 Å². The molecule has 22 heavy (non-hydrogen) atoms. The van der Waals surface area contributed by atoms with Crippen LogP contribution in [0.5, 0.6) is 0 Å². The van der Waals surface area contributed by atoms with Gasteiger partial charge in [0.15, 0.2) is 0 Å². The Morgan fingerprint density at radius 1 is 1.18 bits per heavy atom. The molecule has 1 unspecified atom stereocenters. The Labute approximate surface area is 132 Å². The lowest BCUT2D eigenvalue weighted by Gasteiger charge is -2.16. The van der Waals surface area contributed by atoms with Crippen molar-refractivity contribution in [3.8, 4) is 0 Å². The lowest BCUT2D eigenvalue weighted by atomic mass is 10.1. The molecule has 1 amide bonds. The van der Waals surface area contributed by atoms with E-state index in [9.17, 15) is 9.90 Å². The number of hydrogen-bond acceptors (Lipinski definition) is 3. The average Bonchev–Trinajstić information content (AvgIpc) is 2.97. The van der Waals surface area contributed by atoms with Gasteiger partial charge in [-0.15, -0.1) is 0 Å². The van der Waals surface area contributed by atoms with E-state index in [0.29, 0.717) is 16.2 Å². The summed E-state index contributed by atoms with van der Waals surface area (Å²) in [6.45, 7) is -0.205. The van der Waals surface area contributed by atoms with E-state index in [1.165, 1.54) is 6.26 Å². The van der Waals surface area contributed by atoms with Gasteiger partial charge in [-0.3, -0.25) is 4.79 Å². The number of benzene rings is 2. The molecule has 0 aliphatic heterocycles. The summed E-state index contributed by atoms with van der Waals surface area (Å²) >= 11 is 5.85. The van der Waals surface area contributed by atoms with Gasteiger partial charge in [-0.1, -0.05) is 41.9 Å². The van der Waals surface area contributed by atoms with E-state index in [0.717, 1.165) is 10.9 Å². The van der Waals surface area contributed by atoms with Crippen molar-refractivity contribution < 1.29 is 14.3 Å². The second kappa shape index (κ2) is 6.22. The van der Waals surface area contributed by atoms with Crippen LogP contribution in [0.25, 0.3) is 11.0 Å². The first-order valence-electron chi connectivity index (χ1n) is 6.82. The lowest BCUT2D eigenvalue weighted by molar-refractivity contribution is 0.0917. The Balaban J connectivity index is 1.84. The molecular formula is C17H14ClNO3. The topological polar surface area (TPSA) is 62.5 Å². The smallest absolute Gasteiger partial charge is 0.255 e. The van der Waals surface area contributed by atoms with Crippen LogP contribution in [0, 0.1) is 0 Å². The zero-order valence-electron chi connectivity index (χ0n) is 11.6. The quantitative estimate of drug-likeness (QED) is 0.774. The number of amides is 1. The second-order valence-corrected chi connectivity index (χ2v) is 5.34. The molecule has 2 aromatic carbocycles. The molecule has 1 heterocycles. The monoisotopic (exact) mass is 315 g/mol. The highest BCUT2D eigenvalue weighted by atomic mass is 35.5. The minimum atomic E-state index is -0.501. The van der Waals surface area contributed by atoms with Crippen LogP contribution in [0.3, 0.4) is 0 Å². The highest BCUT2D eigenvalue weighted by Crippen LogP contribution is 2.22. The number of aliphatic hydroxyl groups excluding tert-OH is 1. The zero-order chi connectivity index (χ0) is 15.5. The van der Waals surface area contributed by atoms with Crippen LogP contribution >= 0.6 is 11.6 Å². The van der Waals surface area contributed by atoms with Gasteiger partial charge in [-0.25, -0.2) is 0 Å². The van der Waals surface area contributed by atoms with Crippen LogP contribution in [0.2, 0.25) is 5.02 Å². The zero-order valence-corrected chi connectivity index (χ0v) is 12.4. The molecule has 2 N–H and O–H groups in total. The summed E-state index contributed by atoms with van der Waals surface area (Å²) in [4.78, 5) is 12.4. The first-order chi connectivity index (χ1) is 10.7. The molecule has 1 atom stereocenters. The molecule has 0 aliphatic rings. The first-order valence-corrected chi connectivity index (χ1v) is 7.20. The molecule has 0 radical (unpaired) electrons. The molecule has 0 aliphatic carbocycles. The molecule has 0 fully saturated rings. The molecule has 1 aromatic heterocycles. The third-order valence-electron chi connectivity index (χ3n) is 3.49. The summed E-state index contributed by atoms with van der Waals surface area (Å²) in [5.74, 6) is -0.293. The van der Waals surface area contributed by atoms with E-state index < -0.39 is 6.04 Å². The van der Waals surface area contributed by atoms with Crippen LogP contribution in [-0.4, -0.2) is 17.6 Å². The second-order valence-electron chi connectivity index (χ2n) is 4.91. The van der Waals surface area contributed by atoms with Crippen molar-refractivity contribution in [2.45, 2.75) is 6.04 Å². The molecule has 3 rings (SSSR count). The SMILES string of the molecule is O=C(NC(CO)c1ccc(Cl)cc1)c1coc2ccccc12. The number of para-hydroxylation sites is 1. The van der Waals surface area contributed by atoms with Crippen LogP contribution in [0.4, 0.5) is 0 Å². The van der Waals surface area contributed by atoms with E-state index in [4.69, 9.17) is 16.0 Å². The number of furan rings is 1. The molecular weight excluding hydrogens is 302 g/mol. The summed E-state index contributed by atoms with van der Waals surface area (Å²) in [5, 5.41) is 13.7. The van der Waals surface area contributed by atoms with Gasteiger partial charge in [0.05, 0.1) is 18.2 Å². The predicted octanol–water partition coefficient (Wildman–Crippen LogP) is 3.55. The van der Waals surface area contributed by atoms with Gasteiger partial charge in [-0.05, 0) is 23.8 Å². The van der Waals surface area contributed by atoms with Crippen molar-refractivity contribution in [2.24, 2.45) is 0 Å². The molecule has 0 saturated heterocycles. The summed E-state index contributed by atoms with van der Waals surface area (Å²) in [7, 11) is 0. The number of rotatable bonds is 4. The van der Waals surface area contributed by atoms with Crippen molar-refractivity contribution in [3.63, 3.8) is 0 Å². The molecule has 112 valence electrons. The normalized spacial score (nSPS) is 12.3. The van der Waals surface area contributed by atoms with Crippen LogP contribution in [0.1, 0.15) is 22.0 Å². The summed E-state index contributed by atoms with van der Waals surface area (Å²) in [6, 6.07) is 13.8. The predicted molar refractivity (Wildman–Crippen MR) is 85.0 cm³/mol. The van der Waals surface area contributed by atoms with Gasteiger partial charge in [-0.2, -0.15) is 0 Å². The van der Waals surface area contributed by atoms with Gasteiger partial charge in [0.1, 0.15) is 11.8 Å². The Hall–Kier alpha value is -2.30. The Morgan fingerprint density at radius 2 is 1.91 bits per heavy atom. The number of hydrogen-bond donors (Lipinski definition) is 2. The van der Waals surface area contributed by atoms with Crippen molar-refractivity contribution in [3.05, 3.63) is 70.9 Å². The molecule has 0 saturated carbocycles. The van der Waals surface area contributed by atoms with Gasteiger partial charge >= 0.3 is 0 Å². The van der Waals surface area contributed by atoms with Crippen LogP contribution in [0.15, 0.2) is 59.2 Å². The largest absolute Gasteiger partial charge is 0.463 e. The first kappa shape index (κ1) is 14.6. The fourth-order valence-electron chi connectivity index (χ4n) is 2.32. The Bertz CT molecular complexity index is 795. The Morgan fingerprint density at radius 3 is 2.64 bits per heavy atom. The van der Waals surface area contributed by atoms with Crippen molar-refractivity contribution >= 4 is 28.5 Å². The Kier molecular flexibility index (Phi) is 4.13. The van der Waals surface area contributed by atoms with Crippen molar-refractivity contribution in [1.29, 1.82) is 0 Å². The number of nitrogens with one attached hydrogen (secondary N) is 1. The lowest BCUT2D eigenvalue weighted by Crippen LogP contribution is -2.30. The van der Waals surface area contributed by atoms with Crippen molar-refractivity contribution in [2.75, 3.05) is 6.61 Å². The number of carbonyl (C=O) groups is 1. The van der Waals surface area contributed by atoms with Gasteiger partial charge in [0.2, 0.25) is 0 Å². The van der Waals surface area contributed by atoms with Gasteiger partial charge in [0, 0.05) is 10.4 Å². The summed E-state index contributed by atoms with van der Waals surface area (Å²) < 4.78 is 5.37. The van der Waals surface area contributed by atoms with E-state index >= 15 is 0 Å². The van der Waals surface area contributed by atoms with Crippen LogP contribution < -0.4 is 5.32 Å². The van der Waals surface area contributed by atoms with Crippen LogP contribution in [-0.2, 0) is 0 Å². The highest BCUT2D eigenvalue weighted by Gasteiger charge is 2.18. The fraction of sp³-hybridized carbons (Fsp3) is 0.118. The third-order valence-corrected chi connectivity index (χ3v) is 3.74. The molecule has 0 spiro atoms. The van der Waals surface area contributed by atoms with E-state index in [-0.39, 0.29) is 12.5 Å². The standard InChI is InChI=1S/C17H14ClNO3/c18-12-7-5-11(6-8-12)15(9-20)19-17(21)14-10-22-16-4-2-1-3-13(14)16/h1-8,10,15,20H,9H2,(H,19,21). The number of aliphatic hydroxyl groups is 1. The molecule has 5 heteroatoms. The average molecular weight is 316 g/mol. The minimum absolute atomic E-state index is 0.205. The van der Waals surface area contributed by atoms with Crippen molar-refractivity contribution in [1.82, 2.24) is 5.32 Å². The minimum Gasteiger partial charge on any atom is -0.463 e. The highest BCUT2D eigenvalue weighted by molar-refractivity contribution is 6.30. The molecule has 4 nitrogen and oxygen atoms in total. The van der Waals surface area contributed by atoms with E-state index in [2.05, 4.69) is 5.32 Å². The summed E-state index contributed by atoms with van der Waals surface area (Å²) in [6.07, 6.45) is 1.43. The van der Waals surface area contributed by atoms with Gasteiger partial charge in [0.25, 0.3) is 5.91 Å². The fourth-order valence-corrected chi connectivity index (χ4v) is 2.45. The molecule has 3 aromatic rings. The van der Waals surface area contributed by atoms with Gasteiger partial charge < -0.3 is 14.8 Å². The molecule has 0 bridgehead atoms. The van der Waals surface area contributed by atoms with E-state index in [1.54, 1.807) is 30.3 Å². The maximum absolute atomic E-state index is 12.4. The number of fused-ring (bicyclic) bond motifs is 1. The number of carbonyl (C=O) groups excluding carboxylic acids is 1. The number of halogens is 1. The summed E-state index contributed by atoms with van der Waals surface area (Å²) in [5.41, 5.74) is 1.88. The maximum atomic E-state index is 12.4.